The van der Waals surface area contributed by atoms with E-state index >= 15 is 0 Å². The van der Waals surface area contributed by atoms with Crippen LogP contribution in [0.3, 0.4) is 0 Å². The summed E-state index contributed by atoms with van der Waals surface area (Å²) < 4.78 is 21.3. The van der Waals surface area contributed by atoms with Crippen LogP contribution in [0.4, 0.5) is 4.39 Å². The van der Waals surface area contributed by atoms with Gasteiger partial charge in [-0.25, -0.2) is 9.18 Å². The van der Waals surface area contributed by atoms with Gasteiger partial charge in [0.15, 0.2) is 4.80 Å². The van der Waals surface area contributed by atoms with E-state index in [-0.39, 0.29) is 28.5 Å². The second-order valence-electron chi connectivity index (χ2n) is 5.59. The minimum atomic E-state index is -0.814. The van der Waals surface area contributed by atoms with E-state index in [1.165, 1.54) is 12.1 Å². The molecule has 0 aliphatic carbocycles. The summed E-state index contributed by atoms with van der Waals surface area (Å²) in [5.74, 6) is 0.485. The number of carbonyl (C=O) groups is 2. The van der Waals surface area contributed by atoms with E-state index in [1.54, 1.807) is 29.7 Å². The smallest absolute Gasteiger partial charge is 0.338 e. The molecule has 0 fully saturated rings. The van der Waals surface area contributed by atoms with Crippen LogP contribution in [-0.4, -0.2) is 23.1 Å². The Kier molecular flexibility index (Phi) is 5.93. The van der Waals surface area contributed by atoms with Gasteiger partial charge >= 0.3 is 5.97 Å². The van der Waals surface area contributed by atoms with Gasteiger partial charge in [0.25, 0.3) is 5.91 Å². The Hall–Kier alpha value is -2.95. The van der Waals surface area contributed by atoms with E-state index in [0.717, 1.165) is 17.4 Å². The average Bonchev–Trinajstić information content (AvgIpc) is 2.98. The van der Waals surface area contributed by atoms with E-state index in [2.05, 4.69) is 10.9 Å². The van der Waals surface area contributed by atoms with Crippen LogP contribution in [-0.2, 0) is 11.3 Å². The lowest BCUT2D eigenvalue weighted by atomic mass is 10.2. The van der Waals surface area contributed by atoms with Crippen LogP contribution in [0.5, 0.6) is 0 Å². The summed E-state index contributed by atoms with van der Waals surface area (Å²) in [6.45, 7) is 2.13. The molecule has 2 aromatic carbocycles. The highest BCUT2D eigenvalue weighted by molar-refractivity contribution is 7.16. The normalized spacial score (nSPS) is 11.4. The van der Waals surface area contributed by atoms with Gasteiger partial charge in [0.05, 0.1) is 39.5 Å². The number of halogens is 2. The van der Waals surface area contributed by atoms with Crippen molar-refractivity contribution in [1.82, 2.24) is 4.57 Å². The first-order chi connectivity index (χ1) is 13.5. The maximum Gasteiger partial charge on any atom is 0.338 e. The van der Waals surface area contributed by atoms with Crippen molar-refractivity contribution in [3.63, 3.8) is 0 Å². The molecule has 8 heteroatoms. The van der Waals surface area contributed by atoms with Crippen LogP contribution >= 0.6 is 22.9 Å². The fourth-order valence-electron chi connectivity index (χ4n) is 2.59. The molecule has 0 radical (unpaired) electrons. The molecule has 1 aromatic heterocycles. The molecule has 0 unspecified atom stereocenters. The third-order valence-corrected chi connectivity index (χ3v) is 5.17. The number of hydrogen-bond acceptors (Lipinski definition) is 4. The Labute approximate surface area is 169 Å². The molecule has 0 aliphatic rings. The molecule has 0 bridgehead atoms. The summed E-state index contributed by atoms with van der Waals surface area (Å²) >= 11 is 7.10. The molecule has 28 heavy (non-hydrogen) atoms. The van der Waals surface area contributed by atoms with Gasteiger partial charge in [-0.05, 0) is 37.3 Å². The van der Waals surface area contributed by atoms with Crippen LogP contribution in [0.1, 0.15) is 27.6 Å². The maximum absolute atomic E-state index is 14.0. The Bertz CT molecular complexity index is 1170. The number of thiazole rings is 1. The predicted molar refractivity (Wildman–Crippen MR) is 106 cm³/mol. The van der Waals surface area contributed by atoms with Gasteiger partial charge < -0.3 is 9.30 Å². The van der Waals surface area contributed by atoms with E-state index in [9.17, 15) is 14.0 Å². The summed E-state index contributed by atoms with van der Waals surface area (Å²) in [5, 5.41) is -0.0250. The average molecular weight is 417 g/mol. The zero-order valence-electron chi connectivity index (χ0n) is 14.7. The molecule has 3 aromatic rings. The van der Waals surface area contributed by atoms with Crippen molar-refractivity contribution in [1.29, 1.82) is 0 Å². The summed E-state index contributed by atoms with van der Waals surface area (Å²) in [6, 6.07) is 8.92. The summed E-state index contributed by atoms with van der Waals surface area (Å²) in [6.07, 6.45) is 5.44. The molecule has 0 atom stereocenters. The lowest BCUT2D eigenvalue weighted by Gasteiger charge is -2.03. The SMILES string of the molecule is C#CCn1c(=NC(=O)c2c(F)cccc2Cl)sc2cc(C(=O)OCC)ccc21. The monoisotopic (exact) mass is 416 g/mol. The largest absolute Gasteiger partial charge is 0.462 e. The number of carbonyl (C=O) groups excluding carboxylic acids is 2. The lowest BCUT2D eigenvalue weighted by Crippen LogP contribution is -2.17. The quantitative estimate of drug-likeness (QED) is 0.476. The minimum absolute atomic E-state index is 0.0250. The highest BCUT2D eigenvalue weighted by atomic mass is 35.5. The third-order valence-electron chi connectivity index (χ3n) is 3.82. The van der Waals surface area contributed by atoms with Crippen LogP contribution in [0, 0.1) is 18.2 Å². The molecule has 1 heterocycles. The molecule has 0 saturated carbocycles. The molecule has 1 amide bonds. The van der Waals surface area contributed by atoms with Crippen molar-refractivity contribution in [2.45, 2.75) is 13.5 Å². The number of benzene rings is 2. The molecule has 0 aliphatic heterocycles. The second kappa shape index (κ2) is 8.38. The standard InChI is InChI=1S/C20H14ClFN2O3S/c1-3-10-24-15-9-8-12(19(26)27-4-2)11-16(15)28-20(24)23-18(25)17-13(21)6-5-7-14(17)22/h1,5-9,11H,4,10H2,2H3. The zero-order valence-corrected chi connectivity index (χ0v) is 16.3. The number of terminal acetylenes is 1. The highest BCUT2D eigenvalue weighted by Gasteiger charge is 2.17. The fraction of sp³-hybridized carbons (Fsp3) is 0.150. The maximum atomic E-state index is 14.0. The molecular weight excluding hydrogens is 403 g/mol. The van der Waals surface area contributed by atoms with Gasteiger partial charge in [-0.15, -0.1) is 6.42 Å². The molecule has 0 N–H and O–H groups in total. The van der Waals surface area contributed by atoms with Crippen molar-refractivity contribution in [3.8, 4) is 12.3 Å². The van der Waals surface area contributed by atoms with Crippen LogP contribution < -0.4 is 4.80 Å². The first-order valence-electron chi connectivity index (χ1n) is 8.23. The number of nitrogens with zero attached hydrogens (tertiary/aromatic N) is 2. The molecular formula is C20H14ClFN2O3S. The molecule has 0 spiro atoms. The molecule has 0 saturated heterocycles. The van der Waals surface area contributed by atoms with Gasteiger partial charge in [-0.2, -0.15) is 4.99 Å². The molecule has 5 nitrogen and oxygen atoms in total. The molecule has 3 rings (SSSR count). The number of aromatic nitrogens is 1. The highest BCUT2D eigenvalue weighted by Crippen LogP contribution is 2.22. The van der Waals surface area contributed by atoms with Crippen molar-refractivity contribution >= 4 is 45.0 Å². The van der Waals surface area contributed by atoms with Gasteiger partial charge in [0.1, 0.15) is 5.82 Å². The van der Waals surface area contributed by atoms with Crippen LogP contribution in [0.25, 0.3) is 10.2 Å². The fourth-order valence-corrected chi connectivity index (χ4v) is 3.90. The second-order valence-corrected chi connectivity index (χ2v) is 7.01. The number of hydrogen-bond donors (Lipinski definition) is 0. The zero-order chi connectivity index (χ0) is 20.3. The Balaban J connectivity index is 2.15. The van der Waals surface area contributed by atoms with Crippen LogP contribution in [0.2, 0.25) is 5.02 Å². The summed E-state index contributed by atoms with van der Waals surface area (Å²) in [7, 11) is 0. The number of esters is 1. The van der Waals surface area contributed by atoms with Crippen molar-refractivity contribution < 1.29 is 18.7 Å². The minimum Gasteiger partial charge on any atom is -0.462 e. The van der Waals surface area contributed by atoms with Gasteiger partial charge in [0, 0.05) is 0 Å². The Morgan fingerprint density at radius 2 is 2.14 bits per heavy atom. The third kappa shape index (κ3) is 3.84. The number of rotatable bonds is 4. The molecule has 142 valence electrons. The number of ether oxygens (including phenoxy) is 1. The van der Waals surface area contributed by atoms with E-state index < -0.39 is 17.7 Å². The van der Waals surface area contributed by atoms with E-state index in [1.807, 2.05) is 0 Å². The summed E-state index contributed by atoms with van der Waals surface area (Å²) in [5.41, 5.74) is 0.766. The Morgan fingerprint density at radius 3 is 2.82 bits per heavy atom. The van der Waals surface area contributed by atoms with E-state index in [4.69, 9.17) is 22.8 Å². The first kappa shape index (κ1) is 19.8. The van der Waals surface area contributed by atoms with E-state index in [0.29, 0.717) is 15.8 Å². The van der Waals surface area contributed by atoms with Gasteiger partial charge in [-0.1, -0.05) is 34.9 Å². The first-order valence-corrected chi connectivity index (χ1v) is 9.42. The van der Waals surface area contributed by atoms with Crippen molar-refractivity contribution in [3.05, 3.63) is 63.2 Å². The predicted octanol–water partition coefficient (Wildman–Crippen LogP) is 4.05. The summed E-state index contributed by atoms with van der Waals surface area (Å²) in [4.78, 5) is 28.8. The topological polar surface area (TPSA) is 60.7 Å². The Morgan fingerprint density at radius 1 is 1.36 bits per heavy atom. The van der Waals surface area contributed by atoms with Crippen molar-refractivity contribution in [2.75, 3.05) is 6.61 Å². The van der Waals surface area contributed by atoms with Gasteiger partial charge in [-0.3, -0.25) is 4.79 Å². The van der Waals surface area contributed by atoms with Crippen molar-refractivity contribution in [2.24, 2.45) is 4.99 Å². The number of amides is 1. The number of fused-ring (bicyclic) bond motifs is 1. The van der Waals surface area contributed by atoms with Crippen LogP contribution in [0.15, 0.2) is 41.4 Å². The van der Waals surface area contributed by atoms with Gasteiger partial charge in [0.2, 0.25) is 0 Å². The lowest BCUT2D eigenvalue weighted by molar-refractivity contribution is 0.0526.